The molecule has 0 saturated carbocycles. The van der Waals surface area contributed by atoms with Gasteiger partial charge in [0.15, 0.2) is 0 Å². The van der Waals surface area contributed by atoms with Crippen molar-refractivity contribution in [2.75, 3.05) is 6.61 Å². The lowest BCUT2D eigenvalue weighted by atomic mass is 10.2. The Morgan fingerprint density at radius 1 is 1.44 bits per heavy atom. The maximum absolute atomic E-state index is 8.46. The smallest absolute Gasteiger partial charge is 0.119 e. The number of unbranched alkanes of at least 4 members (excludes halogenated alkanes) is 1. The molecule has 1 aromatic rings. The van der Waals surface area contributed by atoms with Crippen LogP contribution in [0.25, 0.3) is 5.03 Å². The van der Waals surface area contributed by atoms with Crippen molar-refractivity contribution in [1.29, 1.82) is 5.26 Å². The first-order valence-corrected chi connectivity index (χ1v) is 5.64. The van der Waals surface area contributed by atoms with Gasteiger partial charge in [-0.2, -0.15) is 5.26 Å². The molecule has 84 valence electrons. The van der Waals surface area contributed by atoms with E-state index in [-0.39, 0.29) is 0 Å². The molecule has 1 rings (SSSR count). The van der Waals surface area contributed by atoms with Gasteiger partial charge in [0.25, 0.3) is 0 Å². The molecular formula is C13H14ClNO. The first kappa shape index (κ1) is 12.6. The number of halogens is 1. The molecule has 2 nitrogen and oxygen atoms in total. The summed E-state index contributed by atoms with van der Waals surface area (Å²) in [6.45, 7) is 2.86. The van der Waals surface area contributed by atoms with E-state index in [2.05, 4.69) is 6.92 Å². The van der Waals surface area contributed by atoms with Crippen LogP contribution in [0.2, 0.25) is 0 Å². The van der Waals surface area contributed by atoms with Crippen LogP contribution in [0.4, 0.5) is 0 Å². The molecule has 0 atom stereocenters. The maximum atomic E-state index is 8.46. The van der Waals surface area contributed by atoms with E-state index in [0.717, 1.165) is 30.8 Å². The molecule has 0 unspecified atom stereocenters. The number of ether oxygens (including phenoxy) is 1. The topological polar surface area (TPSA) is 33.0 Å². The Hall–Kier alpha value is -1.46. The van der Waals surface area contributed by atoms with E-state index in [0.29, 0.717) is 5.03 Å². The molecule has 1 aromatic carbocycles. The van der Waals surface area contributed by atoms with Crippen LogP contribution in [0, 0.1) is 11.3 Å². The molecule has 3 heteroatoms. The van der Waals surface area contributed by atoms with Crippen LogP contribution in [0.15, 0.2) is 30.3 Å². The third-order valence-corrected chi connectivity index (χ3v) is 2.42. The highest BCUT2D eigenvalue weighted by Crippen LogP contribution is 2.21. The van der Waals surface area contributed by atoms with Crippen molar-refractivity contribution in [2.24, 2.45) is 0 Å². The molecule has 0 amide bonds. The fraction of sp³-hybridized carbons (Fsp3) is 0.308. The van der Waals surface area contributed by atoms with Gasteiger partial charge in [-0.25, -0.2) is 0 Å². The van der Waals surface area contributed by atoms with Crippen molar-refractivity contribution in [3.8, 4) is 11.8 Å². The Morgan fingerprint density at radius 3 is 2.69 bits per heavy atom. The van der Waals surface area contributed by atoms with Crippen molar-refractivity contribution in [1.82, 2.24) is 0 Å². The second-order valence-electron chi connectivity index (χ2n) is 3.35. The molecule has 0 spiro atoms. The third-order valence-electron chi connectivity index (χ3n) is 2.09. The SMILES string of the molecule is CCCCOc1ccc(/C(Cl)=C/C#N)cc1. The normalized spacial score (nSPS) is 10.9. The summed E-state index contributed by atoms with van der Waals surface area (Å²) in [6.07, 6.45) is 3.49. The molecule has 0 aliphatic carbocycles. The van der Waals surface area contributed by atoms with Crippen LogP contribution in [-0.2, 0) is 0 Å². The molecule has 0 saturated heterocycles. The number of benzene rings is 1. The van der Waals surface area contributed by atoms with Crippen LogP contribution in [0.3, 0.4) is 0 Å². The molecule has 0 heterocycles. The van der Waals surface area contributed by atoms with E-state index < -0.39 is 0 Å². The highest BCUT2D eigenvalue weighted by molar-refractivity contribution is 6.48. The predicted octanol–water partition coefficient (Wildman–Crippen LogP) is 3.97. The Morgan fingerprint density at radius 2 is 2.12 bits per heavy atom. The van der Waals surface area contributed by atoms with Crippen LogP contribution in [0.1, 0.15) is 25.3 Å². The lowest BCUT2D eigenvalue weighted by Crippen LogP contribution is -1.96. The predicted molar refractivity (Wildman–Crippen MR) is 66.3 cm³/mol. The first-order chi connectivity index (χ1) is 7.77. The van der Waals surface area contributed by atoms with Gasteiger partial charge >= 0.3 is 0 Å². The van der Waals surface area contributed by atoms with Gasteiger partial charge in [-0.1, -0.05) is 24.9 Å². The van der Waals surface area contributed by atoms with E-state index in [9.17, 15) is 0 Å². The molecule has 0 aromatic heterocycles. The Labute approximate surface area is 101 Å². The number of hydrogen-bond donors (Lipinski definition) is 0. The Balaban J connectivity index is 2.61. The van der Waals surface area contributed by atoms with Crippen LogP contribution >= 0.6 is 11.6 Å². The molecule has 0 radical (unpaired) electrons. The summed E-state index contributed by atoms with van der Waals surface area (Å²) in [5.41, 5.74) is 0.825. The van der Waals surface area contributed by atoms with Gasteiger partial charge in [-0.05, 0) is 36.2 Å². The molecule has 0 aliphatic rings. The van der Waals surface area contributed by atoms with Crippen LogP contribution in [0.5, 0.6) is 5.75 Å². The van der Waals surface area contributed by atoms with E-state index in [1.165, 1.54) is 6.08 Å². The zero-order valence-electron chi connectivity index (χ0n) is 9.24. The minimum absolute atomic E-state index is 0.447. The maximum Gasteiger partial charge on any atom is 0.119 e. The largest absolute Gasteiger partial charge is 0.494 e. The van der Waals surface area contributed by atoms with Gasteiger partial charge in [-0.15, -0.1) is 0 Å². The van der Waals surface area contributed by atoms with Crippen molar-refractivity contribution >= 4 is 16.6 Å². The van der Waals surface area contributed by atoms with Crippen LogP contribution < -0.4 is 4.74 Å². The van der Waals surface area contributed by atoms with Gasteiger partial charge in [0.2, 0.25) is 0 Å². The standard InChI is InChI=1S/C13H14ClNO/c1-2-3-10-16-12-6-4-11(5-7-12)13(14)8-9-15/h4-8H,2-3,10H2,1H3/b13-8-. The number of hydrogen-bond acceptors (Lipinski definition) is 2. The lowest BCUT2D eigenvalue weighted by molar-refractivity contribution is 0.309. The fourth-order valence-corrected chi connectivity index (χ4v) is 1.36. The molecule has 0 fully saturated rings. The minimum atomic E-state index is 0.447. The third kappa shape index (κ3) is 3.96. The van der Waals surface area contributed by atoms with Gasteiger partial charge in [0, 0.05) is 6.08 Å². The van der Waals surface area contributed by atoms with E-state index >= 15 is 0 Å². The number of allylic oxidation sites excluding steroid dienone is 1. The average molecular weight is 236 g/mol. The van der Waals surface area contributed by atoms with Crippen molar-refractivity contribution in [2.45, 2.75) is 19.8 Å². The summed E-state index contributed by atoms with van der Waals surface area (Å²) in [7, 11) is 0. The van der Waals surface area contributed by atoms with Crippen LogP contribution in [-0.4, -0.2) is 6.61 Å². The van der Waals surface area contributed by atoms with Gasteiger partial charge < -0.3 is 4.74 Å². The van der Waals surface area contributed by atoms with Gasteiger partial charge in [0.05, 0.1) is 17.7 Å². The summed E-state index contributed by atoms with van der Waals surface area (Å²) >= 11 is 5.88. The van der Waals surface area contributed by atoms with Crippen molar-refractivity contribution < 1.29 is 4.74 Å². The molecule has 16 heavy (non-hydrogen) atoms. The lowest BCUT2D eigenvalue weighted by Gasteiger charge is -2.05. The average Bonchev–Trinajstić information content (AvgIpc) is 2.30. The zero-order valence-corrected chi connectivity index (χ0v) is 10.00. The quantitative estimate of drug-likeness (QED) is 0.572. The van der Waals surface area contributed by atoms with Crippen molar-refractivity contribution in [3.63, 3.8) is 0 Å². The summed E-state index contributed by atoms with van der Waals surface area (Å²) in [4.78, 5) is 0. The highest BCUT2D eigenvalue weighted by Gasteiger charge is 1.98. The highest BCUT2D eigenvalue weighted by atomic mass is 35.5. The van der Waals surface area contributed by atoms with Gasteiger partial charge in [0.1, 0.15) is 5.75 Å². The number of nitriles is 1. The molecule has 0 bridgehead atoms. The van der Waals surface area contributed by atoms with E-state index in [1.807, 2.05) is 30.3 Å². The van der Waals surface area contributed by atoms with Gasteiger partial charge in [-0.3, -0.25) is 0 Å². The second kappa shape index (κ2) is 6.92. The fourth-order valence-electron chi connectivity index (χ4n) is 1.18. The summed E-state index contributed by atoms with van der Waals surface area (Å²) in [5.74, 6) is 0.832. The molecule has 0 aliphatic heterocycles. The Kier molecular flexibility index (Phi) is 5.45. The van der Waals surface area contributed by atoms with E-state index in [4.69, 9.17) is 21.6 Å². The molecule has 0 N–H and O–H groups in total. The monoisotopic (exact) mass is 235 g/mol. The molecular weight excluding hydrogens is 222 g/mol. The van der Waals surface area contributed by atoms with E-state index in [1.54, 1.807) is 0 Å². The summed E-state index contributed by atoms with van der Waals surface area (Å²) in [5, 5.41) is 8.91. The number of rotatable bonds is 5. The summed E-state index contributed by atoms with van der Waals surface area (Å²) < 4.78 is 5.51. The first-order valence-electron chi connectivity index (χ1n) is 5.26. The zero-order chi connectivity index (χ0) is 11.8. The summed E-state index contributed by atoms with van der Waals surface area (Å²) in [6, 6.07) is 9.31. The number of nitrogens with zero attached hydrogens (tertiary/aromatic N) is 1. The Bertz CT molecular complexity index is 389. The minimum Gasteiger partial charge on any atom is -0.494 e. The van der Waals surface area contributed by atoms with Crippen molar-refractivity contribution in [3.05, 3.63) is 35.9 Å². The second-order valence-corrected chi connectivity index (χ2v) is 3.75.